The summed E-state index contributed by atoms with van der Waals surface area (Å²) >= 11 is 0. The number of hydrogen-bond donors (Lipinski definition) is 1. The minimum Gasteiger partial charge on any atom is -0.490 e. The van der Waals surface area contributed by atoms with E-state index in [-0.39, 0.29) is 17.6 Å². The van der Waals surface area contributed by atoms with Crippen LogP contribution in [0.3, 0.4) is 0 Å². The Morgan fingerprint density at radius 2 is 1.83 bits per heavy atom. The van der Waals surface area contributed by atoms with Gasteiger partial charge in [-0.15, -0.1) is 0 Å². The molecule has 0 spiro atoms. The molecule has 1 amide bonds. The van der Waals surface area contributed by atoms with Gasteiger partial charge in [0.1, 0.15) is 5.58 Å². The van der Waals surface area contributed by atoms with Crippen LogP contribution in [0, 0.1) is 0 Å². The predicted octanol–water partition coefficient (Wildman–Crippen LogP) is 3.63. The summed E-state index contributed by atoms with van der Waals surface area (Å²) in [5.41, 5.74) is 1.69. The Morgan fingerprint density at radius 3 is 2.60 bits per heavy atom. The van der Waals surface area contributed by atoms with Crippen LogP contribution in [0.1, 0.15) is 41.1 Å². The molecular formula is C22H23NO6S. The van der Waals surface area contributed by atoms with Gasteiger partial charge in [0.05, 0.1) is 25.0 Å². The van der Waals surface area contributed by atoms with E-state index in [0.29, 0.717) is 41.2 Å². The lowest BCUT2D eigenvalue weighted by atomic mass is 10.1. The number of furan rings is 1. The zero-order valence-corrected chi connectivity index (χ0v) is 17.6. The molecule has 2 heterocycles. The Balaban J connectivity index is 1.62. The summed E-state index contributed by atoms with van der Waals surface area (Å²) in [7, 11) is -3.36. The first-order chi connectivity index (χ1) is 14.3. The highest BCUT2D eigenvalue weighted by molar-refractivity contribution is 7.89. The van der Waals surface area contributed by atoms with Crippen molar-refractivity contribution in [1.82, 2.24) is 5.32 Å². The van der Waals surface area contributed by atoms with Gasteiger partial charge in [0.15, 0.2) is 27.1 Å². The first-order valence-corrected chi connectivity index (χ1v) is 11.8. The molecule has 7 nitrogen and oxygen atoms in total. The van der Waals surface area contributed by atoms with Crippen LogP contribution in [0.4, 0.5) is 0 Å². The Morgan fingerprint density at radius 1 is 1.10 bits per heavy atom. The molecular weight excluding hydrogens is 406 g/mol. The normalized spacial score (nSPS) is 14.9. The zero-order chi connectivity index (χ0) is 21.3. The van der Waals surface area contributed by atoms with E-state index < -0.39 is 15.7 Å². The molecule has 1 aromatic heterocycles. The molecule has 8 heteroatoms. The van der Waals surface area contributed by atoms with Crippen LogP contribution in [0.5, 0.6) is 11.5 Å². The molecule has 2 aromatic carbocycles. The molecule has 1 N–H and O–H groups in total. The molecule has 1 atom stereocenters. The molecule has 0 saturated carbocycles. The lowest BCUT2D eigenvalue weighted by Gasteiger charge is -2.16. The maximum atomic E-state index is 13.0. The molecule has 0 aliphatic carbocycles. The number of amides is 1. The SMILES string of the molecule is CC(NC(=O)c1oc2ccccc2c1CS(C)(=O)=O)c1ccc2c(c1)OCCCO2. The van der Waals surface area contributed by atoms with Crippen LogP contribution in [0.2, 0.25) is 0 Å². The van der Waals surface area contributed by atoms with Crippen LogP contribution < -0.4 is 14.8 Å². The summed E-state index contributed by atoms with van der Waals surface area (Å²) in [6, 6.07) is 12.2. The average molecular weight is 429 g/mol. The summed E-state index contributed by atoms with van der Waals surface area (Å²) in [6.07, 6.45) is 1.95. The van der Waals surface area contributed by atoms with Crippen molar-refractivity contribution in [3.63, 3.8) is 0 Å². The highest BCUT2D eigenvalue weighted by Gasteiger charge is 2.25. The molecule has 0 fully saturated rings. The van der Waals surface area contributed by atoms with Crippen molar-refractivity contribution in [1.29, 1.82) is 0 Å². The average Bonchev–Trinajstić information content (AvgIpc) is 2.89. The van der Waals surface area contributed by atoms with Crippen LogP contribution in [0.15, 0.2) is 46.9 Å². The Labute approximate surface area is 174 Å². The van der Waals surface area contributed by atoms with E-state index in [4.69, 9.17) is 13.9 Å². The van der Waals surface area contributed by atoms with Crippen molar-refractivity contribution in [2.45, 2.75) is 25.1 Å². The largest absolute Gasteiger partial charge is 0.490 e. The van der Waals surface area contributed by atoms with Crippen molar-refractivity contribution in [3.8, 4) is 11.5 Å². The quantitative estimate of drug-likeness (QED) is 0.666. The topological polar surface area (TPSA) is 94.8 Å². The third-order valence-electron chi connectivity index (χ3n) is 4.93. The van der Waals surface area contributed by atoms with Gasteiger partial charge in [-0.3, -0.25) is 4.79 Å². The second-order valence-corrected chi connectivity index (χ2v) is 9.57. The second-order valence-electron chi connectivity index (χ2n) is 7.43. The van der Waals surface area contributed by atoms with Gasteiger partial charge >= 0.3 is 0 Å². The smallest absolute Gasteiger partial charge is 0.287 e. The van der Waals surface area contributed by atoms with Crippen LogP contribution in [0.25, 0.3) is 11.0 Å². The Kier molecular flexibility index (Phi) is 5.42. The molecule has 30 heavy (non-hydrogen) atoms. The minimum atomic E-state index is -3.36. The number of para-hydroxylation sites is 1. The van der Waals surface area contributed by atoms with Gasteiger partial charge in [0.2, 0.25) is 0 Å². The third-order valence-corrected chi connectivity index (χ3v) is 5.74. The van der Waals surface area contributed by atoms with Crippen molar-refractivity contribution in [3.05, 3.63) is 59.4 Å². The molecule has 3 aromatic rings. The van der Waals surface area contributed by atoms with Crippen molar-refractivity contribution < 1.29 is 27.1 Å². The number of benzene rings is 2. The summed E-state index contributed by atoms with van der Waals surface area (Å²) in [4.78, 5) is 13.0. The monoisotopic (exact) mass is 429 g/mol. The van der Waals surface area contributed by atoms with E-state index in [2.05, 4.69) is 5.32 Å². The van der Waals surface area contributed by atoms with Gasteiger partial charge in [0, 0.05) is 23.6 Å². The molecule has 0 bridgehead atoms. The Bertz CT molecular complexity index is 1200. The van der Waals surface area contributed by atoms with E-state index in [1.165, 1.54) is 0 Å². The summed E-state index contributed by atoms with van der Waals surface area (Å²) in [5.74, 6) is 0.605. The maximum Gasteiger partial charge on any atom is 0.287 e. The molecule has 0 saturated heterocycles. The molecule has 158 valence electrons. The van der Waals surface area contributed by atoms with Crippen LogP contribution in [-0.4, -0.2) is 33.8 Å². The minimum absolute atomic E-state index is 0.0165. The lowest BCUT2D eigenvalue weighted by molar-refractivity contribution is 0.0913. The van der Waals surface area contributed by atoms with E-state index in [9.17, 15) is 13.2 Å². The number of nitrogens with one attached hydrogen (secondary N) is 1. The van der Waals surface area contributed by atoms with E-state index in [0.717, 1.165) is 18.2 Å². The van der Waals surface area contributed by atoms with Gasteiger partial charge in [0.25, 0.3) is 5.91 Å². The zero-order valence-electron chi connectivity index (χ0n) is 16.8. The number of rotatable bonds is 5. The highest BCUT2D eigenvalue weighted by atomic mass is 32.2. The fraction of sp³-hybridized carbons (Fsp3) is 0.318. The summed E-state index contributed by atoms with van der Waals surface area (Å²) in [5, 5.41) is 3.52. The van der Waals surface area contributed by atoms with Gasteiger partial charge in [-0.25, -0.2) is 8.42 Å². The number of carbonyl (C=O) groups excluding carboxylic acids is 1. The Hall–Kier alpha value is -3.00. The van der Waals surface area contributed by atoms with Crippen LogP contribution in [-0.2, 0) is 15.6 Å². The maximum absolute atomic E-state index is 13.0. The number of ether oxygens (including phenoxy) is 2. The number of carbonyl (C=O) groups is 1. The standard InChI is InChI=1S/C22H23NO6S/c1-14(15-8-9-19-20(12-15)28-11-5-10-27-19)23-22(24)21-17(13-30(2,25)26)16-6-3-4-7-18(16)29-21/h3-4,6-9,12,14H,5,10-11,13H2,1-2H3,(H,23,24). The van der Waals surface area contributed by atoms with Crippen molar-refractivity contribution in [2.75, 3.05) is 19.5 Å². The molecule has 1 aliphatic heterocycles. The summed E-state index contributed by atoms with van der Waals surface area (Å²) in [6.45, 7) is 3.02. The fourth-order valence-corrected chi connectivity index (χ4v) is 4.29. The molecule has 4 rings (SSSR count). The number of sulfone groups is 1. The first-order valence-electron chi connectivity index (χ1n) is 9.70. The molecule has 0 radical (unpaired) electrons. The van der Waals surface area contributed by atoms with Gasteiger partial charge < -0.3 is 19.2 Å². The number of hydrogen-bond acceptors (Lipinski definition) is 6. The molecule has 1 unspecified atom stereocenters. The van der Waals surface area contributed by atoms with Gasteiger partial charge in [-0.2, -0.15) is 0 Å². The van der Waals surface area contributed by atoms with Crippen LogP contribution >= 0.6 is 0 Å². The first kappa shape index (κ1) is 20.3. The third kappa shape index (κ3) is 4.28. The predicted molar refractivity (Wildman–Crippen MR) is 113 cm³/mol. The van der Waals surface area contributed by atoms with Crippen molar-refractivity contribution >= 4 is 26.7 Å². The highest BCUT2D eigenvalue weighted by Crippen LogP contribution is 2.33. The van der Waals surface area contributed by atoms with E-state index in [1.54, 1.807) is 24.3 Å². The van der Waals surface area contributed by atoms with Crippen molar-refractivity contribution in [2.24, 2.45) is 0 Å². The van der Waals surface area contributed by atoms with Gasteiger partial charge in [-0.1, -0.05) is 24.3 Å². The second kappa shape index (κ2) is 8.02. The fourth-order valence-electron chi connectivity index (χ4n) is 3.48. The molecule has 1 aliphatic rings. The van der Waals surface area contributed by atoms with E-state index in [1.807, 2.05) is 25.1 Å². The van der Waals surface area contributed by atoms with Gasteiger partial charge in [-0.05, 0) is 30.7 Å². The van der Waals surface area contributed by atoms with E-state index >= 15 is 0 Å². The lowest BCUT2D eigenvalue weighted by Crippen LogP contribution is -2.27. The summed E-state index contributed by atoms with van der Waals surface area (Å²) < 4.78 is 40.9. The number of fused-ring (bicyclic) bond motifs is 2.